The van der Waals surface area contributed by atoms with E-state index < -0.39 is 0 Å². The summed E-state index contributed by atoms with van der Waals surface area (Å²) in [6, 6.07) is 13.7. The van der Waals surface area contributed by atoms with Gasteiger partial charge >= 0.3 is 0 Å². The van der Waals surface area contributed by atoms with E-state index in [0.29, 0.717) is 5.75 Å². The number of phenols is 1. The molecular weight excluding hydrogens is 320 g/mol. The molecule has 2 aromatic rings. The van der Waals surface area contributed by atoms with Crippen molar-refractivity contribution in [2.75, 3.05) is 0 Å². The molecule has 0 aliphatic rings. The molecule has 2 rings (SSSR count). The zero-order valence-electron chi connectivity index (χ0n) is 16.5. The maximum atomic E-state index is 10.5. The number of aromatic hydroxyl groups is 1. The number of phenolic OH excluding ortho intramolecular Hbond substituents is 1. The highest BCUT2D eigenvalue weighted by atomic mass is 16.5. The van der Waals surface area contributed by atoms with Crippen LogP contribution in [0.3, 0.4) is 0 Å². The summed E-state index contributed by atoms with van der Waals surface area (Å²) < 4.78 is 6.12. The minimum Gasteiger partial charge on any atom is -0.504 e. The number of hydrogen-bond acceptors (Lipinski definition) is 2. The summed E-state index contributed by atoms with van der Waals surface area (Å²) in [5.41, 5.74) is 2.53. The van der Waals surface area contributed by atoms with Gasteiger partial charge in [0.1, 0.15) is 5.75 Å². The van der Waals surface area contributed by atoms with Gasteiger partial charge in [-0.25, -0.2) is 0 Å². The Morgan fingerprint density at radius 3 is 2.04 bits per heavy atom. The molecule has 0 amide bonds. The monoisotopic (exact) mass is 354 g/mol. The van der Waals surface area contributed by atoms with Gasteiger partial charge in [0.25, 0.3) is 0 Å². The fourth-order valence-electron chi connectivity index (χ4n) is 3.36. The molecule has 0 radical (unpaired) electrons. The number of benzene rings is 2. The van der Waals surface area contributed by atoms with Crippen LogP contribution in [0.4, 0.5) is 0 Å². The third-order valence-corrected chi connectivity index (χ3v) is 4.88. The zero-order valence-corrected chi connectivity index (χ0v) is 16.5. The Kier molecular flexibility index (Phi) is 9.09. The van der Waals surface area contributed by atoms with E-state index in [2.05, 4.69) is 19.9 Å². The predicted molar refractivity (Wildman–Crippen MR) is 110 cm³/mol. The molecule has 2 aromatic carbocycles. The van der Waals surface area contributed by atoms with Crippen LogP contribution in [-0.2, 0) is 12.8 Å². The Labute approximate surface area is 159 Å². The molecule has 2 heteroatoms. The molecule has 0 aliphatic carbocycles. The van der Waals surface area contributed by atoms with Crippen molar-refractivity contribution in [3.63, 3.8) is 0 Å². The Morgan fingerprint density at radius 2 is 1.38 bits per heavy atom. The van der Waals surface area contributed by atoms with Crippen LogP contribution in [0.1, 0.15) is 76.3 Å². The third-order valence-electron chi connectivity index (χ3n) is 4.88. The third kappa shape index (κ3) is 6.40. The van der Waals surface area contributed by atoms with Crippen molar-refractivity contribution in [1.82, 2.24) is 0 Å². The molecule has 0 fully saturated rings. The second kappa shape index (κ2) is 11.6. The van der Waals surface area contributed by atoms with Crippen molar-refractivity contribution in [1.29, 1.82) is 0 Å². The van der Waals surface area contributed by atoms with Gasteiger partial charge in [-0.15, -0.1) is 0 Å². The number of ether oxygens (including phenoxy) is 1. The Bertz CT molecular complexity index is 634. The normalized spacial score (nSPS) is 10.8. The first-order valence-electron chi connectivity index (χ1n) is 10.3. The molecule has 0 atom stereocenters. The smallest absolute Gasteiger partial charge is 0.172 e. The molecule has 26 heavy (non-hydrogen) atoms. The second-order valence-corrected chi connectivity index (χ2v) is 7.09. The maximum absolute atomic E-state index is 10.5. The van der Waals surface area contributed by atoms with Gasteiger partial charge in [-0.1, -0.05) is 76.6 Å². The van der Waals surface area contributed by atoms with Crippen molar-refractivity contribution in [2.24, 2.45) is 0 Å². The fraction of sp³-hybridized carbons (Fsp3) is 0.500. The lowest BCUT2D eigenvalue weighted by atomic mass is 9.95. The van der Waals surface area contributed by atoms with Gasteiger partial charge in [-0.05, 0) is 49.4 Å². The highest BCUT2D eigenvalue weighted by Crippen LogP contribution is 2.38. The topological polar surface area (TPSA) is 29.5 Å². The zero-order chi connectivity index (χ0) is 18.6. The Morgan fingerprint density at radius 1 is 0.731 bits per heavy atom. The number of unbranched alkanes of at least 4 members (excludes halogenated alkanes) is 6. The highest BCUT2D eigenvalue weighted by molar-refractivity contribution is 5.52. The molecule has 0 bridgehead atoms. The highest BCUT2D eigenvalue weighted by Gasteiger charge is 2.15. The Balaban J connectivity index is 2.20. The number of rotatable bonds is 12. The van der Waals surface area contributed by atoms with Gasteiger partial charge in [-0.2, -0.15) is 0 Å². The van der Waals surface area contributed by atoms with Crippen molar-refractivity contribution in [2.45, 2.75) is 78.1 Å². The largest absolute Gasteiger partial charge is 0.504 e. The van der Waals surface area contributed by atoms with Gasteiger partial charge in [-0.3, -0.25) is 0 Å². The van der Waals surface area contributed by atoms with Gasteiger partial charge in [0, 0.05) is 5.56 Å². The fourth-order valence-corrected chi connectivity index (χ4v) is 3.36. The van der Waals surface area contributed by atoms with Gasteiger partial charge < -0.3 is 9.84 Å². The summed E-state index contributed by atoms with van der Waals surface area (Å²) in [6.07, 6.45) is 11.9. The maximum Gasteiger partial charge on any atom is 0.172 e. The number of aryl methyl sites for hydroxylation is 1. The molecule has 0 saturated carbocycles. The molecule has 142 valence electrons. The van der Waals surface area contributed by atoms with Crippen LogP contribution in [0.25, 0.3) is 0 Å². The average Bonchev–Trinajstić information content (AvgIpc) is 2.67. The van der Waals surface area contributed by atoms with E-state index in [0.717, 1.165) is 25.0 Å². The molecule has 0 aromatic heterocycles. The van der Waals surface area contributed by atoms with Crippen LogP contribution in [0.15, 0.2) is 42.5 Å². The lowest BCUT2D eigenvalue weighted by Gasteiger charge is -2.17. The predicted octanol–water partition coefficient (Wildman–Crippen LogP) is 7.43. The summed E-state index contributed by atoms with van der Waals surface area (Å²) in [7, 11) is 0. The molecule has 1 N–H and O–H groups in total. The van der Waals surface area contributed by atoms with E-state index in [4.69, 9.17) is 4.74 Å². The van der Waals surface area contributed by atoms with E-state index in [-0.39, 0.29) is 5.75 Å². The van der Waals surface area contributed by atoms with Crippen molar-refractivity contribution >= 4 is 0 Å². The number of hydrogen-bond donors (Lipinski definition) is 1. The molecule has 0 heterocycles. The lowest BCUT2D eigenvalue weighted by Crippen LogP contribution is -2.00. The van der Waals surface area contributed by atoms with Crippen LogP contribution >= 0.6 is 0 Å². The first kappa shape index (κ1) is 20.4. The van der Waals surface area contributed by atoms with E-state index in [1.54, 1.807) is 6.07 Å². The van der Waals surface area contributed by atoms with Crippen LogP contribution in [0.5, 0.6) is 17.2 Å². The molecular formula is C24H34O2. The molecule has 0 spiro atoms. The second-order valence-electron chi connectivity index (χ2n) is 7.09. The first-order valence-corrected chi connectivity index (χ1v) is 10.3. The summed E-state index contributed by atoms with van der Waals surface area (Å²) in [5.74, 6) is 1.68. The van der Waals surface area contributed by atoms with Crippen LogP contribution in [0.2, 0.25) is 0 Å². The van der Waals surface area contributed by atoms with Crippen molar-refractivity contribution in [3.8, 4) is 17.2 Å². The minimum atomic E-state index is 0.247. The van der Waals surface area contributed by atoms with Crippen molar-refractivity contribution in [3.05, 3.63) is 53.6 Å². The summed E-state index contributed by atoms with van der Waals surface area (Å²) >= 11 is 0. The summed E-state index contributed by atoms with van der Waals surface area (Å²) in [5, 5.41) is 10.5. The van der Waals surface area contributed by atoms with Crippen LogP contribution in [0, 0.1) is 0 Å². The summed E-state index contributed by atoms with van der Waals surface area (Å²) in [4.78, 5) is 0. The van der Waals surface area contributed by atoms with Gasteiger partial charge in [0.05, 0.1) is 0 Å². The minimum absolute atomic E-state index is 0.247. The lowest BCUT2D eigenvalue weighted by molar-refractivity contribution is 0.405. The molecule has 0 unspecified atom stereocenters. The van der Waals surface area contributed by atoms with E-state index in [9.17, 15) is 5.11 Å². The van der Waals surface area contributed by atoms with Crippen LogP contribution < -0.4 is 4.74 Å². The van der Waals surface area contributed by atoms with Crippen LogP contribution in [-0.4, -0.2) is 5.11 Å². The Hall–Kier alpha value is -1.96. The average molecular weight is 355 g/mol. The van der Waals surface area contributed by atoms with Crippen molar-refractivity contribution < 1.29 is 9.84 Å². The SMILES string of the molecule is CCCCCCc1ccc(O)c(Oc2ccccc2)c1CCCCCC. The molecule has 2 nitrogen and oxygen atoms in total. The van der Waals surface area contributed by atoms with E-state index in [1.807, 2.05) is 30.3 Å². The van der Waals surface area contributed by atoms with E-state index >= 15 is 0 Å². The molecule has 0 saturated heterocycles. The van der Waals surface area contributed by atoms with Gasteiger partial charge in [0.15, 0.2) is 11.5 Å². The quantitative estimate of drug-likeness (QED) is 0.402. The number of para-hydroxylation sites is 1. The first-order chi connectivity index (χ1) is 12.8. The van der Waals surface area contributed by atoms with E-state index in [1.165, 1.54) is 56.1 Å². The van der Waals surface area contributed by atoms with Gasteiger partial charge in [0.2, 0.25) is 0 Å². The molecule has 0 aliphatic heterocycles. The standard InChI is InChI=1S/C24H34O2/c1-3-5-7-10-14-20-18-19-23(25)24(22(20)17-13-8-6-4-2)26-21-15-11-9-12-16-21/h9,11-12,15-16,18-19,25H,3-8,10,13-14,17H2,1-2H3. The summed E-state index contributed by atoms with van der Waals surface area (Å²) in [6.45, 7) is 4.48.